The number of hydrogen-bond donors (Lipinski definition) is 0. The van der Waals surface area contributed by atoms with E-state index in [1.165, 1.54) is 24.8 Å². The van der Waals surface area contributed by atoms with Gasteiger partial charge in [0.1, 0.15) is 6.61 Å². The van der Waals surface area contributed by atoms with E-state index in [1.54, 1.807) is 6.08 Å². The summed E-state index contributed by atoms with van der Waals surface area (Å²) in [7, 11) is 0. The monoisotopic (exact) mass is 246 g/mol. The van der Waals surface area contributed by atoms with Gasteiger partial charge in [-0.25, -0.2) is 4.79 Å². The van der Waals surface area contributed by atoms with Crippen LogP contribution in [0.15, 0.2) is 48.1 Å². The Bertz CT molecular complexity index is 386. The molecule has 0 N–H and O–H groups in total. The van der Waals surface area contributed by atoms with Gasteiger partial charge in [0.25, 0.3) is 0 Å². The summed E-state index contributed by atoms with van der Waals surface area (Å²) in [5.41, 5.74) is 2.67. The second-order valence-corrected chi connectivity index (χ2v) is 4.45. The summed E-state index contributed by atoms with van der Waals surface area (Å²) >= 11 is 0. The molecule has 18 heavy (non-hydrogen) atoms. The van der Waals surface area contributed by atoms with Crippen LogP contribution in [0.1, 0.15) is 39.0 Å². The normalized spacial score (nSPS) is 15.8. The van der Waals surface area contributed by atoms with Crippen LogP contribution in [-0.2, 0) is 9.53 Å². The van der Waals surface area contributed by atoms with Crippen LogP contribution in [0.4, 0.5) is 0 Å². The Hall–Kier alpha value is -1.57. The van der Waals surface area contributed by atoms with Crippen LogP contribution in [0.2, 0.25) is 0 Å². The maximum Gasteiger partial charge on any atom is 0.338 e. The lowest BCUT2D eigenvalue weighted by Crippen LogP contribution is -1.95. The number of hydrogen-bond acceptors (Lipinski definition) is 2. The minimum atomic E-state index is -0.273. The van der Waals surface area contributed by atoms with E-state index < -0.39 is 0 Å². The van der Waals surface area contributed by atoms with E-state index >= 15 is 0 Å². The molecule has 2 heteroatoms. The van der Waals surface area contributed by atoms with Gasteiger partial charge in [-0.15, -0.1) is 0 Å². The van der Waals surface area contributed by atoms with Crippen molar-refractivity contribution in [3.05, 3.63) is 48.1 Å². The van der Waals surface area contributed by atoms with Gasteiger partial charge in [-0.2, -0.15) is 0 Å². The van der Waals surface area contributed by atoms with Gasteiger partial charge >= 0.3 is 5.97 Å². The summed E-state index contributed by atoms with van der Waals surface area (Å²) in [5.74, 6) is -0.273. The Morgan fingerprint density at radius 3 is 2.72 bits per heavy atom. The molecule has 0 aromatic heterocycles. The van der Waals surface area contributed by atoms with Crippen LogP contribution < -0.4 is 0 Å². The molecule has 1 aliphatic rings. The van der Waals surface area contributed by atoms with E-state index in [-0.39, 0.29) is 5.97 Å². The number of carbonyl (C=O) groups is 1. The van der Waals surface area contributed by atoms with Crippen LogP contribution in [0.25, 0.3) is 0 Å². The van der Waals surface area contributed by atoms with Gasteiger partial charge in [0.2, 0.25) is 0 Å². The Morgan fingerprint density at radius 1 is 1.33 bits per heavy atom. The molecule has 0 saturated heterocycles. The summed E-state index contributed by atoms with van der Waals surface area (Å²) in [6.45, 7) is 10.0. The lowest BCUT2D eigenvalue weighted by atomic mass is 10.0. The number of cyclic esters (lactones) is 1. The summed E-state index contributed by atoms with van der Waals surface area (Å²) in [4.78, 5) is 11.4. The van der Waals surface area contributed by atoms with Crippen molar-refractivity contribution in [3.8, 4) is 0 Å². The average molecular weight is 246 g/mol. The first-order chi connectivity index (χ1) is 8.72. The number of carbonyl (C=O) groups excluding carboxylic acids is 1. The molecular formula is C16H22O2. The Morgan fingerprint density at radius 2 is 2.11 bits per heavy atom. The van der Waals surface area contributed by atoms with Gasteiger partial charge in [0.05, 0.1) is 5.57 Å². The molecular weight excluding hydrogens is 224 g/mol. The molecule has 0 aromatic rings. The van der Waals surface area contributed by atoms with Gasteiger partial charge in [0, 0.05) is 5.57 Å². The molecule has 0 bridgehead atoms. The van der Waals surface area contributed by atoms with Crippen LogP contribution in [-0.4, -0.2) is 12.6 Å². The number of unbranched alkanes of at least 4 members (excludes halogenated alkanes) is 3. The van der Waals surface area contributed by atoms with Gasteiger partial charge in [-0.3, -0.25) is 0 Å². The van der Waals surface area contributed by atoms with Gasteiger partial charge in [0.15, 0.2) is 0 Å². The largest absolute Gasteiger partial charge is 0.457 e. The zero-order chi connectivity index (χ0) is 13.4. The fourth-order valence-corrected chi connectivity index (χ4v) is 1.98. The standard InChI is InChI=1S/C16H22O2/c1-4-7-8-9-10-13(5-2)11-14-12-18-16(17)15(14)6-3/h5-6,11H,2-4,7-10,12H2,1H3/b13-11+. The minimum absolute atomic E-state index is 0.273. The van der Waals surface area contributed by atoms with Crippen molar-refractivity contribution in [1.82, 2.24) is 0 Å². The van der Waals surface area contributed by atoms with Gasteiger partial charge in [-0.1, -0.05) is 57.6 Å². The maximum absolute atomic E-state index is 11.4. The minimum Gasteiger partial charge on any atom is -0.457 e. The highest BCUT2D eigenvalue weighted by molar-refractivity contribution is 5.95. The third-order valence-corrected chi connectivity index (χ3v) is 3.07. The summed E-state index contributed by atoms with van der Waals surface area (Å²) < 4.78 is 4.99. The zero-order valence-corrected chi connectivity index (χ0v) is 11.2. The van der Waals surface area contributed by atoms with Crippen molar-refractivity contribution in [2.24, 2.45) is 0 Å². The van der Waals surface area contributed by atoms with Crippen LogP contribution in [0.5, 0.6) is 0 Å². The summed E-state index contributed by atoms with van der Waals surface area (Å²) in [5, 5.41) is 0. The molecule has 0 aromatic carbocycles. The van der Waals surface area contributed by atoms with Crippen molar-refractivity contribution in [3.63, 3.8) is 0 Å². The van der Waals surface area contributed by atoms with Crippen molar-refractivity contribution in [2.75, 3.05) is 6.61 Å². The van der Waals surface area contributed by atoms with Crippen molar-refractivity contribution in [1.29, 1.82) is 0 Å². The molecule has 0 radical (unpaired) electrons. The number of ether oxygens (including phenoxy) is 1. The van der Waals surface area contributed by atoms with Crippen LogP contribution in [0.3, 0.4) is 0 Å². The van der Waals surface area contributed by atoms with E-state index in [0.29, 0.717) is 12.2 Å². The number of esters is 1. The van der Waals surface area contributed by atoms with E-state index in [9.17, 15) is 4.79 Å². The maximum atomic E-state index is 11.4. The molecule has 0 aliphatic carbocycles. The van der Waals surface area contributed by atoms with Crippen LogP contribution in [0, 0.1) is 0 Å². The molecule has 0 fully saturated rings. The third kappa shape index (κ3) is 4.02. The summed E-state index contributed by atoms with van der Waals surface area (Å²) in [6.07, 6.45) is 11.4. The molecule has 0 saturated carbocycles. The molecule has 1 heterocycles. The fourth-order valence-electron chi connectivity index (χ4n) is 1.98. The SMILES string of the molecule is C=CC1=C(/C=C(\C=C)CCCCCC)COC1=O. The van der Waals surface area contributed by atoms with Crippen molar-refractivity contribution in [2.45, 2.75) is 39.0 Å². The molecule has 0 unspecified atom stereocenters. The number of rotatable bonds is 8. The van der Waals surface area contributed by atoms with Crippen molar-refractivity contribution < 1.29 is 9.53 Å². The number of allylic oxidation sites excluding steroid dienone is 2. The average Bonchev–Trinajstić information content (AvgIpc) is 2.73. The second kappa shape index (κ2) is 7.70. The Labute approximate surface area is 110 Å². The highest BCUT2D eigenvalue weighted by atomic mass is 16.5. The fraction of sp³-hybridized carbons (Fsp3) is 0.438. The van der Waals surface area contributed by atoms with E-state index in [2.05, 4.69) is 20.1 Å². The molecule has 98 valence electrons. The molecule has 0 amide bonds. The molecule has 1 aliphatic heterocycles. The lowest BCUT2D eigenvalue weighted by molar-refractivity contribution is -0.135. The quantitative estimate of drug-likeness (QED) is 0.366. The lowest BCUT2D eigenvalue weighted by Gasteiger charge is -2.02. The third-order valence-electron chi connectivity index (χ3n) is 3.07. The predicted octanol–water partition coefficient (Wildman–Crippen LogP) is 4.11. The van der Waals surface area contributed by atoms with E-state index in [4.69, 9.17) is 4.74 Å². The molecule has 0 spiro atoms. The molecule has 2 nitrogen and oxygen atoms in total. The molecule has 0 atom stereocenters. The van der Waals surface area contributed by atoms with E-state index in [1.807, 2.05) is 12.2 Å². The first-order valence-corrected chi connectivity index (χ1v) is 6.58. The Kier molecular flexibility index (Phi) is 6.20. The smallest absolute Gasteiger partial charge is 0.338 e. The molecule has 1 rings (SSSR count). The van der Waals surface area contributed by atoms with Crippen LogP contribution >= 0.6 is 0 Å². The predicted molar refractivity (Wildman–Crippen MR) is 75.2 cm³/mol. The van der Waals surface area contributed by atoms with Crippen molar-refractivity contribution >= 4 is 5.97 Å². The highest BCUT2D eigenvalue weighted by Crippen LogP contribution is 2.21. The first-order valence-electron chi connectivity index (χ1n) is 6.58. The zero-order valence-electron chi connectivity index (χ0n) is 11.2. The second-order valence-electron chi connectivity index (χ2n) is 4.45. The van der Waals surface area contributed by atoms with Gasteiger partial charge in [-0.05, 0) is 18.4 Å². The van der Waals surface area contributed by atoms with E-state index in [0.717, 1.165) is 18.4 Å². The highest BCUT2D eigenvalue weighted by Gasteiger charge is 2.20. The van der Waals surface area contributed by atoms with Gasteiger partial charge < -0.3 is 4.74 Å². The first kappa shape index (κ1) is 14.5. The Balaban J connectivity index is 2.66. The summed E-state index contributed by atoms with van der Waals surface area (Å²) in [6, 6.07) is 0. The topological polar surface area (TPSA) is 26.3 Å².